The zero-order valence-corrected chi connectivity index (χ0v) is 17.5. The van der Waals surface area contributed by atoms with E-state index in [0.717, 1.165) is 55.2 Å². The molecule has 1 aliphatic heterocycles. The number of nitrogens with zero attached hydrogens (tertiary/aromatic N) is 3. The second-order valence-electron chi connectivity index (χ2n) is 7.33. The van der Waals surface area contributed by atoms with Crippen LogP contribution < -0.4 is 4.90 Å². The largest absolute Gasteiger partial charge is 0.345 e. The van der Waals surface area contributed by atoms with Crippen molar-refractivity contribution in [2.75, 3.05) is 31.1 Å². The minimum absolute atomic E-state index is 0.224. The molecule has 0 radical (unpaired) electrons. The molecule has 2 heterocycles. The summed E-state index contributed by atoms with van der Waals surface area (Å²) in [4.78, 5) is 21.9. The second-order valence-corrected chi connectivity index (χ2v) is 8.34. The summed E-state index contributed by atoms with van der Waals surface area (Å²) in [7, 11) is 0. The standard InChI is InChI=1S/C23H27N3OS/c1-3-17-8-10-18(11-9-17)16-21(27)25-12-14-26(15-13-25)23-24-22-19(4-2)6-5-7-20(22)28-23/h5-11H,3-4,12-16H2,1-2H3. The fraction of sp³-hybridized carbons (Fsp3) is 0.391. The number of carbonyl (C=O) groups is 1. The first-order valence-corrected chi connectivity index (χ1v) is 11.0. The van der Waals surface area contributed by atoms with Gasteiger partial charge in [0.1, 0.15) is 0 Å². The molecule has 0 aliphatic carbocycles. The van der Waals surface area contributed by atoms with Crippen molar-refractivity contribution in [2.45, 2.75) is 33.1 Å². The first-order chi connectivity index (χ1) is 13.7. The molecule has 0 saturated carbocycles. The molecule has 146 valence electrons. The Morgan fingerprint density at radius 2 is 1.68 bits per heavy atom. The van der Waals surface area contributed by atoms with Crippen LogP contribution in [0.1, 0.15) is 30.5 Å². The Hall–Kier alpha value is -2.40. The fourth-order valence-electron chi connectivity index (χ4n) is 3.74. The topological polar surface area (TPSA) is 36.4 Å². The van der Waals surface area contributed by atoms with Gasteiger partial charge < -0.3 is 9.80 Å². The number of hydrogen-bond acceptors (Lipinski definition) is 4. The molecular weight excluding hydrogens is 366 g/mol. The summed E-state index contributed by atoms with van der Waals surface area (Å²) >= 11 is 1.76. The SMILES string of the molecule is CCc1ccc(CC(=O)N2CCN(c3nc4c(CC)cccc4s3)CC2)cc1. The number of aryl methyl sites for hydroxylation is 2. The Morgan fingerprint density at radius 3 is 2.36 bits per heavy atom. The maximum Gasteiger partial charge on any atom is 0.227 e. The molecule has 0 atom stereocenters. The Balaban J connectivity index is 1.38. The number of aromatic nitrogens is 1. The molecule has 0 spiro atoms. The molecule has 4 rings (SSSR count). The van der Waals surface area contributed by atoms with Crippen LogP contribution in [0.15, 0.2) is 42.5 Å². The van der Waals surface area contributed by atoms with Crippen LogP contribution in [-0.2, 0) is 24.1 Å². The number of fused-ring (bicyclic) bond motifs is 1. The van der Waals surface area contributed by atoms with Gasteiger partial charge in [-0.1, -0.05) is 61.6 Å². The Bertz CT molecular complexity index is 956. The number of para-hydroxylation sites is 1. The first kappa shape index (κ1) is 18.9. The van der Waals surface area contributed by atoms with Crippen molar-refractivity contribution in [3.8, 4) is 0 Å². The molecule has 5 heteroatoms. The van der Waals surface area contributed by atoms with Crippen LogP contribution in [0.3, 0.4) is 0 Å². The molecule has 28 heavy (non-hydrogen) atoms. The van der Waals surface area contributed by atoms with Gasteiger partial charge in [-0.15, -0.1) is 0 Å². The van der Waals surface area contributed by atoms with E-state index in [4.69, 9.17) is 4.98 Å². The van der Waals surface area contributed by atoms with Gasteiger partial charge in [0.15, 0.2) is 5.13 Å². The second kappa shape index (κ2) is 8.31. The average Bonchev–Trinajstić information content (AvgIpc) is 3.19. The molecule has 1 fully saturated rings. The number of carbonyl (C=O) groups excluding carboxylic acids is 1. The van der Waals surface area contributed by atoms with Crippen molar-refractivity contribution in [3.63, 3.8) is 0 Å². The van der Waals surface area contributed by atoms with Crippen LogP contribution in [0.25, 0.3) is 10.2 Å². The highest BCUT2D eigenvalue weighted by Gasteiger charge is 2.23. The minimum atomic E-state index is 0.224. The highest BCUT2D eigenvalue weighted by atomic mass is 32.1. The molecule has 1 saturated heterocycles. The zero-order chi connectivity index (χ0) is 19.5. The van der Waals surface area contributed by atoms with Crippen LogP contribution in [0, 0.1) is 0 Å². The van der Waals surface area contributed by atoms with Gasteiger partial charge in [0, 0.05) is 26.2 Å². The number of thiazole rings is 1. The summed E-state index contributed by atoms with van der Waals surface area (Å²) in [5.41, 5.74) is 4.86. The third-order valence-electron chi connectivity index (χ3n) is 5.56. The van der Waals surface area contributed by atoms with E-state index in [1.165, 1.54) is 15.8 Å². The van der Waals surface area contributed by atoms with E-state index in [2.05, 4.69) is 61.2 Å². The quantitative estimate of drug-likeness (QED) is 0.648. The predicted octanol–water partition coefficient (Wildman–Crippen LogP) is 4.31. The molecule has 2 aromatic carbocycles. The highest BCUT2D eigenvalue weighted by molar-refractivity contribution is 7.22. The smallest absolute Gasteiger partial charge is 0.227 e. The lowest BCUT2D eigenvalue weighted by Crippen LogP contribution is -2.49. The van der Waals surface area contributed by atoms with E-state index in [1.54, 1.807) is 11.3 Å². The fourth-order valence-corrected chi connectivity index (χ4v) is 4.81. The van der Waals surface area contributed by atoms with Crippen molar-refractivity contribution in [1.82, 2.24) is 9.88 Å². The third kappa shape index (κ3) is 3.90. The van der Waals surface area contributed by atoms with Gasteiger partial charge in [0.2, 0.25) is 5.91 Å². The third-order valence-corrected chi connectivity index (χ3v) is 6.64. The molecule has 1 amide bonds. The van der Waals surface area contributed by atoms with Gasteiger partial charge in [-0.25, -0.2) is 4.98 Å². The summed E-state index contributed by atoms with van der Waals surface area (Å²) in [6.07, 6.45) is 2.52. The summed E-state index contributed by atoms with van der Waals surface area (Å²) < 4.78 is 1.25. The maximum atomic E-state index is 12.7. The van der Waals surface area contributed by atoms with Crippen molar-refractivity contribution in [3.05, 3.63) is 59.2 Å². The Labute approximate surface area is 170 Å². The molecule has 0 N–H and O–H groups in total. The maximum absolute atomic E-state index is 12.7. The van der Waals surface area contributed by atoms with Crippen molar-refractivity contribution in [2.24, 2.45) is 0 Å². The summed E-state index contributed by atoms with van der Waals surface area (Å²) in [6, 6.07) is 14.8. The van der Waals surface area contributed by atoms with Crippen LogP contribution in [0.2, 0.25) is 0 Å². The van der Waals surface area contributed by atoms with E-state index >= 15 is 0 Å². The van der Waals surface area contributed by atoms with Crippen molar-refractivity contribution < 1.29 is 4.79 Å². The van der Waals surface area contributed by atoms with Crippen LogP contribution >= 0.6 is 11.3 Å². The van der Waals surface area contributed by atoms with E-state index in [1.807, 2.05) is 4.90 Å². The molecule has 1 aliphatic rings. The van der Waals surface area contributed by atoms with Crippen LogP contribution in [0.4, 0.5) is 5.13 Å². The monoisotopic (exact) mass is 393 g/mol. The van der Waals surface area contributed by atoms with Gasteiger partial charge >= 0.3 is 0 Å². The van der Waals surface area contributed by atoms with E-state index in [0.29, 0.717) is 6.42 Å². The molecule has 0 bridgehead atoms. The predicted molar refractivity (Wildman–Crippen MR) is 117 cm³/mol. The van der Waals surface area contributed by atoms with Gasteiger partial charge in [-0.2, -0.15) is 0 Å². The Morgan fingerprint density at radius 1 is 0.964 bits per heavy atom. The van der Waals surface area contributed by atoms with Crippen LogP contribution in [0.5, 0.6) is 0 Å². The van der Waals surface area contributed by atoms with E-state index in [-0.39, 0.29) is 5.91 Å². The van der Waals surface area contributed by atoms with Crippen molar-refractivity contribution in [1.29, 1.82) is 0 Å². The number of piperazine rings is 1. The molecule has 4 nitrogen and oxygen atoms in total. The van der Waals surface area contributed by atoms with Gasteiger partial charge in [0.25, 0.3) is 0 Å². The van der Waals surface area contributed by atoms with Gasteiger partial charge in [-0.3, -0.25) is 4.79 Å². The van der Waals surface area contributed by atoms with E-state index in [9.17, 15) is 4.79 Å². The zero-order valence-electron chi connectivity index (χ0n) is 16.6. The molecule has 3 aromatic rings. The van der Waals surface area contributed by atoms with Crippen molar-refractivity contribution >= 4 is 32.6 Å². The number of amides is 1. The van der Waals surface area contributed by atoms with Crippen LogP contribution in [-0.4, -0.2) is 42.0 Å². The van der Waals surface area contributed by atoms with Gasteiger partial charge in [0.05, 0.1) is 16.6 Å². The number of anilines is 1. The number of rotatable bonds is 5. The Kier molecular flexibility index (Phi) is 5.62. The summed E-state index contributed by atoms with van der Waals surface area (Å²) in [5.74, 6) is 0.224. The minimum Gasteiger partial charge on any atom is -0.345 e. The lowest BCUT2D eigenvalue weighted by molar-refractivity contribution is -0.130. The lowest BCUT2D eigenvalue weighted by atomic mass is 10.1. The number of benzene rings is 2. The first-order valence-electron chi connectivity index (χ1n) is 10.2. The number of hydrogen-bond donors (Lipinski definition) is 0. The normalized spacial score (nSPS) is 14.6. The van der Waals surface area contributed by atoms with E-state index < -0.39 is 0 Å². The summed E-state index contributed by atoms with van der Waals surface area (Å²) in [6.45, 7) is 7.55. The average molecular weight is 394 g/mol. The molecule has 1 aromatic heterocycles. The van der Waals surface area contributed by atoms with Gasteiger partial charge in [-0.05, 0) is 35.6 Å². The lowest BCUT2D eigenvalue weighted by Gasteiger charge is -2.34. The summed E-state index contributed by atoms with van der Waals surface area (Å²) in [5, 5.41) is 1.08. The highest BCUT2D eigenvalue weighted by Crippen LogP contribution is 2.31. The molecule has 0 unspecified atom stereocenters. The molecular formula is C23H27N3OS.